The van der Waals surface area contributed by atoms with Crippen LogP contribution in [0.5, 0.6) is 5.75 Å². The van der Waals surface area contributed by atoms with E-state index in [1.165, 1.54) is 0 Å². The van der Waals surface area contributed by atoms with E-state index in [1.807, 2.05) is 30.3 Å². The Hall–Kier alpha value is -1.78. The van der Waals surface area contributed by atoms with Gasteiger partial charge in [0.05, 0.1) is 13.2 Å². The highest BCUT2D eigenvalue weighted by molar-refractivity contribution is 5.34. The molecule has 1 heterocycles. The van der Waals surface area contributed by atoms with Gasteiger partial charge in [0, 0.05) is 7.11 Å². The predicted molar refractivity (Wildman–Crippen MR) is 77.9 cm³/mol. The lowest BCUT2D eigenvalue weighted by Crippen LogP contribution is -2.21. The maximum Gasteiger partial charge on any atom is 0.129 e. The number of hydrogen-bond acceptors (Lipinski definition) is 4. The second-order valence-corrected chi connectivity index (χ2v) is 4.50. The molecule has 1 atom stereocenters. The minimum absolute atomic E-state index is 0.0145. The molecule has 0 aliphatic heterocycles. The van der Waals surface area contributed by atoms with E-state index in [2.05, 4.69) is 18.3 Å². The van der Waals surface area contributed by atoms with Crippen LogP contribution < -0.4 is 10.1 Å². The fourth-order valence-corrected chi connectivity index (χ4v) is 2.18. The number of benzene rings is 1. The van der Waals surface area contributed by atoms with Gasteiger partial charge in [-0.05, 0) is 36.4 Å². The molecule has 2 aromatic rings. The molecule has 0 aliphatic rings. The number of ether oxygens (including phenoxy) is 2. The van der Waals surface area contributed by atoms with Crippen molar-refractivity contribution in [2.75, 3.05) is 20.8 Å². The van der Waals surface area contributed by atoms with E-state index in [-0.39, 0.29) is 6.04 Å². The molecule has 0 saturated heterocycles. The van der Waals surface area contributed by atoms with Crippen LogP contribution >= 0.6 is 0 Å². The molecular formula is C16H21NO3. The summed E-state index contributed by atoms with van der Waals surface area (Å²) in [7, 11) is 3.33. The molecule has 20 heavy (non-hydrogen) atoms. The molecule has 4 nitrogen and oxygen atoms in total. The summed E-state index contributed by atoms with van der Waals surface area (Å²) in [4.78, 5) is 0. The van der Waals surface area contributed by atoms with Crippen molar-refractivity contribution in [3.8, 4) is 5.75 Å². The van der Waals surface area contributed by atoms with Crippen molar-refractivity contribution in [1.82, 2.24) is 5.32 Å². The van der Waals surface area contributed by atoms with Crippen LogP contribution in [0.1, 0.15) is 30.0 Å². The first kappa shape index (κ1) is 14.6. The Bertz CT molecular complexity index is 536. The highest BCUT2D eigenvalue weighted by atomic mass is 16.5. The van der Waals surface area contributed by atoms with Crippen LogP contribution in [0.4, 0.5) is 0 Å². The van der Waals surface area contributed by atoms with Gasteiger partial charge in [0.1, 0.15) is 23.9 Å². The highest BCUT2D eigenvalue weighted by Gasteiger charge is 2.17. The number of nitrogens with one attached hydrogen (secondary N) is 1. The SMILES string of the molecule is CCNC(c1cccc(OC)c1)c1ccc(COC)o1. The van der Waals surface area contributed by atoms with E-state index in [1.54, 1.807) is 14.2 Å². The zero-order valence-corrected chi connectivity index (χ0v) is 12.2. The molecule has 4 heteroatoms. The number of hydrogen-bond donors (Lipinski definition) is 1. The summed E-state index contributed by atoms with van der Waals surface area (Å²) in [6.45, 7) is 3.41. The van der Waals surface area contributed by atoms with E-state index in [9.17, 15) is 0 Å². The standard InChI is InChI=1S/C16H21NO3/c1-4-17-16(12-6-5-7-13(10-12)19-3)15-9-8-14(20-15)11-18-2/h5-10,16-17H,4,11H2,1-3H3. The van der Waals surface area contributed by atoms with Crippen LogP contribution in [0.15, 0.2) is 40.8 Å². The highest BCUT2D eigenvalue weighted by Crippen LogP contribution is 2.26. The van der Waals surface area contributed by atoms with Crippen LogP contribution in [-0.4, -0.2) is 20.8 Å². The Morgan fingerprint density at radius 2 is 2.05 bits per heavy atom. The average Bonchev–Trinajstić information content (AvgIpc) is 2.93. The average molecular weight is 275 g/mol. The molecular weight excluding hydrogens is 254 g/mol. The summed E-state index contributed by atoms with van der Waals surface area (Å²) in [6.07, 6.45) is 0. The van der Waals surface area contributed by atoms with Gasteiger partial charge in [0.25, 0.3) is 0 Å². The fraction of sp³-hybridized carbons (Fsp3) is 0.375. The van der Waals surface area contributed by atoms with Crippen LogP contribution in [0.2, 0.25) is 0 Å². The van der Waals surface area contributed by atoms with Crippen LogP contribution in [-0.2, 0) is 11.3 Å². The Labute approximate surface area is 119 Å². The van der Waals surface area contributed by atoms with Gasteiger partial charge in [-0.2, -0.15) is 0 Å². The van der Waals surface area contributed by atoms with Crippen molar-refractivity contribution in [3.05, 3.63) is 53.5 Å². The quantitative estimate of drug-likeness (QED) is 0.843. The van der Waals surface area contributed by atoms with Gasteiger partial charge in [0.15, 0.2) is 0 Å². The van der Waals surface area contributed by atoms with Crippen LogP contribution in [0.3, 0.4) is 0 Å². The molecule has 1 unspecified atom stereocenters. The Kier molecular flexibility index (Phi) is 5.21. The summed E-state index contributed by atoms with van der Waals surface area (Å²) in [6, 6.07) is 12.0. The zero-order chi connectivity index (χ0) is 14.4. The molecule has 0 fully saturated rings. The van der Waals surface area contributed by atoms with Crippen molar-refractivity contribution in [1.29, 1.82) is 0 Å². The van der Waals surface area contributed by atoms with Crippen LogP contribution in [0, 0.1) is 0 Å². The van der Waals surface area contributed by atoms with Crippen molar-refractivity contribution in [2.45, 2.75) is 19.6 Å². The van der Waals surface area contributed by atoms with E-state index in [0.29, 0.717) is 6.61 Å². The Morgan fingerprint density at radius 1 is 1.20 bits per heavy atom. The molecule has 0 spiro atoms. The number of furan rings is 1. The first-order valence-electron chi connectivity index (χ1n) is 6.73. The third kappa shape index (κ3) is 3.40. The van der Waals surface area contributed by atoms with Crippen molar-refractivity contribution in [2.24, 2.45) is 0 Å². The predicted octanol–water partition coefficient (Wildman–Crippen LogP) is 3.13. The number of methoxy groups -OCH3 is 2. The van der Waals surface area contributed by atoms with Crippen molar-refractivity contribution >= 4 is 0 Å². The molecule has 0 amide bonds. The van der Waals surface area contributed by atoms with Gasteiger partial charge in [-0.15, -0.1) is 0 Å². The summed E-state index contributed by atoms with van der Waals surface area (Å²) < 4.78 is 16.2. The summed E-state index contributed by atoms with van der Waals surface area (Å²) >= 11 is 0. The van der Waals surface area contributed by atoms with Crippen molar-refractivity contribution in [3.63, 3.8) is 0 Å². The second kappa shape index (κ2) is 7.12. The van der Waals surface area contributed by atoms with Gasteiger partial charge in [-0.3, -0.25) is 0 Å². The molecule has 1 N–H and O–H groups in total. The molecule has 0 saturated carbocycles. The normalized spacial score (nSPS) is 12.3. The molecule has 108 valence electrons. The molecule has 1 aromatic heterocycles. The van der Waals surface area contributed by atoms with E-state index in [0.717, 1.165) is 29.4 Å². The number of rotatable bonds is 7. The summed E-state index contributed by atoms with van der Waals surface area (Å²) in [5.41, 5.74) is 1.12. The maximum absolute atomic E-state index is 5.84. The minimum Gasteiger partial charge on any atom is -0.497 e. The monoisotopic (exact) mass is 275 g/mol. The van der Waals surface area contributed by atoms with Gasteiger partial charge in [0.2, 0.25) is 0 Å². The molecule has 2 rings (SSSR count). The molecule has 0 aliphatic carbocycles. The summed E-state index contributed by atoms with van der Waals surface area (Å²) in [5, 5.41) is 3.43. The lowest BCUT2D eigenvalue weighted by atomic mass is 10.0. The van der Waals surface area contributed by atoms with Gasteiger partial charge in [-0.1, -0.05) is 19.1 Å². The summed E-state index contributed by atoms with van der Waals surface area (Å²) in [5.74, 6) is 2.55. The van der Waals surface area contributed by atoms with E-state index < -0.39 is 0 Å². The lowest BCUT2D eigenvalue weighted by Gasteiger charge is -2.16. The van der Waals surface area contributed by atoms with E-state index in [4.69, 9.17) is 13.9 Å². The first-order valence-corrected chi connectivity index (χ1v) is 6.73. The third-order valence-corrected chi connectivity index (χ3v) is 3.09. The Balaban J connectivity index is 2.28. The lowest BCUT2D eigenvalue weighted by molar-refractivity contribution is 0.162. The molecule has 0 bridgehead atoms. The van der Waals surface area contributed by atoms with Crippen LogP contribution in [0.25, 0.3) is 0 Å². The van der Waals surface area contributed by atoms with Crippen molar-refractivity contribution < 1.29 is 13.9 Å². The second-order valence-electron chi connectivity index (χ2n) is 4.50. The first-order chi connectivity index (χ1) is 9.78. The largest absolute Gasteiger partial charge is 0.497 e. The fourth-order valence-electron chi connectivity index (χ4n) is 2.18. The molecule has 1 aromatic carbocycles. The third-order valence-electron chi connectivity index (χ3n) is 3.09. The minimum atomic E-state index is 0.0145. The zero-order valence-electron chi connectivity index (χ0n) is 12.2. The van der Waals surface area contributed by atoms with Gasteiger partial charge >= 0.3 is 0 Å². The Morgan fingerprint density at radius 3 is 2.75 bits per heavy atom. The van der Waals surface area contributed by atoms with Gasteiger partial charge in [-0.25, -0.2) is 0 Å². The molecule has 0 radical (unpaired) electrons. The van der Waals surface area contributed by atoms with Gasteiger partial charge < -0.3 is 19.2 Å². The smallest absolute Gasteiger partial charge is 0.129 e. The maximum atomic E-state index is 5.84. The topological polar surface area (TPSA) is 43.6 Å². The van der Waals surface area contributed by atoms with E-state index >= 15 is 0 Å².